The van der Waals surface area contributed by atoms with Gasteiger partial charge in [0.15, 0.2) is 5.69 Å². The van der Waals surface area contributed by atoms with Crippen LogP contribution in [0.25, 0.3) is 37.9 Å². The number of azo groups is 1. The number of nitrogens with zero attached hydrogens (tertiary/aromatic N) is 6. The number of pyridine rings is 1. The SMILES string of the molecule is C1CCCNCC1.Cc1ccc2c(NCCCCNC(=O)c3cnc(N=Nc4c(-c5ccccc5)[nH]n(-c5nc(-c6ccccc6)cs5)c4=O)s3)c(C(N)=O)sc2n1.Nc1ccc2c(c1)CCCC2. The van der Waals surface area contributed by atoms with Crippen molar-refractivity contribution in [1.82, 2.24) is 35.4 Å². The molecule has 0 spiro atoms. The molecule has 18 heteroatoms. The van der Waals surface area contributed by atoms with E-state index in [0.29, 0.717) is 45.8 Å². The number of carbonyl (C=O) groups is 2. The summed E-state index contributed by atoms with van der Waals surface area (Å²) >= 11 is 3.68. The van der Waals surface area contributed by atoms with Gasteiger partial charge in [-0.15, -0.1) is 32.9 Å². The molecule has 6 heterocycles. The summed E-state index contributed by atoms with van der Waals surface area (Å²) in [6, 6.07) is 29.2. The molecule has 1 fully saturated rings. The number of unbranched alkanes of at least 4 members (excludes halogenated alkanes) is 1. The molecule has 0 atom stereocenters. The maximum Gasteiger partial charge on any atom is 0.301 e. The van der Waals surface area contributed by atoms with Crippen molar-refractivity contribution in [3.63, 3.8) is 0 Å². The number of H-pyrrole nitrogens is 1. The molecule has 3 aromatic carbocycles. The number of nitrogen functional groups attached to an aromatic ring is 1. The molecule has 1 aliphatic carbocycles. The molecule has 1 saturated heterocycles. The van der Waals surface area contributed by atoms with Gasteiger partial charge >= 0.3 is 5.56 Å². The van der Waals surface area contributed by atoms with Crippen molar-refractivity contribution >= 4 is 78.2 Å². The van der Waals surface area contributed by atoms with Crippen molar-refractivity contribution in [2.75, 3.05) is 37.2 Å². The van der Waals surface area contributed by atoms with Gasteiger partial charge in [0.1, 0.15) is 14.6 Å². The predicted molar refractivity (Wildman–Crippen MR) is 281 cm³/mol. The third-order valence-electron chi connectivity index (χ3n) is 11.6. The number of primary amides is 1. The molecular formula is C51H56N12O3S3. The van der Waals surface area contributed by atoms with Gasteiger partial charge in [-0.25, -0.2) is 15.0 Å². The first-order chi connectivity index (χ1) is 33.7. The number of anilines is 2. The second-order valence-electron chi connectivity index (χ2n) is 16.7. The van der Waals surface area contributed by atoms with Gasteiger partial charge in [-0.1, -0.05) is 90.9 Å². The summed E-state index contributed by atoms with van der Waals surface area (Å²) < 4.78 is 1.36. The fourth-order valence-electron chi connectivity index (χ4n) is 7.98. The second kappa shape index (κ2) is 23.9. The van der Waals surface area contributed by atoms with E-state index in [0.717, 1.165) is 56.2 Å². The van der Waals surface area contributed by atoms with Crippen molar-refractivity contribution in [3.05, 3.63) is 140 Å². The van der Waals surface area contributed by atoms with E-state index < -0.39 is 11.5 Å². The van der Waals surface area contributed by atoms with Gasteiger partial charge < -0.3 is 27.4 Å². The molecule has 0 radical (unpaired) electrons. The van der Waals surface area contributed by atoms with E-state index in [1.165, 1.54) is 109 Å². The normalized spacial score (nSPS) is 13.4. The maximum atomic E-state index is 13.7. The van der Waals surface area contributed by atoms with Crippen LogP contribution in [0, 0.1) is 6.92 Å². The summed E-state index contributed by atoms with van der Waals surface area (Å²) in [7, 11) is 0. The summed E-state index contributed by atoms with van der Waals surface area (Å²) in [4.78, 5) is 53.5. The number of carbonyl (C=O) groups excluding carboxylic acids is 2. The molecule has 2 aliphatic rings. The molecule has 69 heavy (non-hydrogen) atoms. The van der Waals surface area contributed by atoms with Gasteiger partial charge in [-0.2, -0.15) is 4.68 Å². The Hall–Kier alpha value is -6.86. The number of hydrogen-bond donors (Lipinski definition) is 6. The molecule has 5 aromatic heterocycles. The minimum absolute atomic E-state index is 0.0947. The Morgan fingerprint density at radius 3 is 2.29 bits per heavy atom. The zero-order valence-corrected chi connectivity index (χ0v) is 41.0. The lowest BCUT2D eigenvalue weighted by atomic mass is 9.91. The fraction of sp³-hybridized carbons (Fsp3) is 0.294. The molecule has 0 saturated carbocycles. The van der Waals surface area contributed by atoms with E-state index in [9.17, 15) is 14.4 Å². The smallest absolute Gasteiger partial charge is 0.301 e. The average Bonchev–Trinajstić information content (AvgIpc) is 4.15. The summed E-state index contributed by atoms with van der Waals surface area (Å²) in [6.45, 7) is 5.43. The number of thiophene rings is 1. The number of aryl methyl sites for hydroxylation is 3. The van der Waals surface area contributed by atoms with E-state index in [1.54, 1.807) is 0 Å². The number of nitrogens with one attached hydrogen (secondary N) is 4. The van der Waals surface area contributed by atoms with Gasteiger partial charge in [0.25, 0.3) is 11.8 Å². The highest BCUT2D eigenvalue weighted by Crippen LogP contribution is 2.35. The Kier molecular flexibility index (Phi) is 16.8. The third-order valence-corrected chi connectivity index (χ3v) is 14.4. The zero-order valence-electron chi connectivity index (χ0n) is 38.5. The van der Waals surface area contributed by atoms with Gasteiger partial charge in [0.05, 0.1) is 23.3 Å². The molecule has 10 rings (SSSR count). The molecule has 356 valence electrons. The highest BCUT2D eigenvalue weighted by atomic mass is 32.1. The lowest BCUT2D eigenvalue weighted by molar-refractivity contribution is 0.0955. The summed E-state index contributed by atoms with van der Waals surface area (Å²) in [6.07, 6.45) is 13.7. The van der Waals surface area contributed by atoms with E-state index in [1.807, 2.05) is 91.2 Å². The first-order valence-corrected chi connectivity index (χ1v) is 25.8. The molecule has 8 N–H and O–H groups in total. The largest absolute Gasteiger partial charge is 0.399 e. The molecule has 1 aliphatic heterocycles. The number of hydrogen-bond acceptors (Lipinski definition) is 14. The van der Waals surface area contributed by atoms with Gasteiger partial charge in [-0.05, 0) is 107 Å². The van der Waals surface area contributed by atoms with Crippen molar-refractivity contribution in [2.45, 2.75) is 71.1 Å². The quantitative estimate of drug-likeness (QED) is 0.0367. The van der Waals surface area contributed by atoms with Crippen LogP contribution in [0.4, 0.5) is 22.2 Å². The van der Waals surface area contributed by atoms with Crippen molar-refractivity contribution in [3.8, 4) is 27.6 Å². The summed E-state index contributed by atoms with van der Waals surface area (Å²) in [5.74, 6) is -0.779. The topological polar surface area (TPSA) is 223 Å². The molecular weight excluding hydrogens is 925 g/mol. The Balaban J connectivity index is 0.000000294. The van der Waals surface area contributed by atoms with Crippen molar-refractivity contribution in [2.24, 2.45) is 16.0 Å². The molecule has 2 amide bonds. The first-order valence-electron chi connectivity index (χ1n) is 23.3. The first kappa shape index (κ1) is 48.6. The minimum atomic E-state index is -0.496. The Morgan fingerprint density at radius 1 is 0.812 bits per heavy atom. The highest BCUT2D eigenvalue weighted by molar-refractivity contribution is 7.21. The highest BCUT2D eigenvalue weighted by Gasteiger charge is 2.21. The monoisotopic (exact) mass is 980 g/mol. The van der Waals surface area contributed by atoms with Crippen LogP contribution in [0.1, 0.15) is 87.5 Å². The van der Waals surface area contributed by atoms with Crippen LogP contribution in [0.15, 0.2) is 118 Å². The van der Waals surface area contributed by atoms with Crippen LogP contribution in [0.5, 0.6) is 0 Å². The van der Waals surface area contributed by atoms with Crippen LogP contribution in [-0.4, -0.2) is 62.7 Å². The van der Waals surface area contributed by atoms with Crippen molar-refractivity contribution in [1.29, 1.82) is 0 Å². The fourth-order valence-corrected chi connectivity index (χ4v) is 10.5. The number of nitrogens with two attached hydrogens (primary N) is 2. The lowest BCUT2D eigenvalue weighted by Gasteiger charge is -2.15. The van der Waals surface area contributed by atoms with E-state index in [4.69, 9.17) is 11.5 Å². The minimum Gasteiger partial charge on any atom is -0.399 e. The Morgan fingerprint density at radius 2 is 1.54 bits per heavy atom. The van der Waals surface area contributed by atoms with Crippen LogP contribution < -0.4 is 33.0 Å². The maximum absolute atomic E-state index is 13.7. The number of aromatic nitrogens is 5. The van der Waals surface area contributed by atoms with E-state index in [-0.39, 0.29) is 16.7 Å². The number of benzene rings is 3. The number of rotatable bonds is 13. The number of aromatic amines is 1. The van der Waals surface area contributed by atoms with Crippen LogP contribution in [-0.2, 0) is 12.8 Å². The second-order valence-corrected chi connectivity index (χ2v) is 19.5. The Bertz CT molecular complexity index is 3050. The van der Waals surface area contributed by atoms with Crippen LogP contribution in [0.3, 0.4) is 0 Å². The van der Waals surface area contributed by atoms with E-state index in [2.05, 4.69) is 58.4 Å². The van der Waals surface area contributed by atoms with Gasteiger partial charge in [0.2, 0.25) is 10.3 Å². The molecule has 0 bridgehead atoms. The van der Waals surface area contributed by atoms with Gasteiger partial charge in [-0.3, -0.25) is 19.5 Å². The van der Waals surface area contributed by atoms with Crippen LogP contribution >= 0.6 is 34.0 Å². The van der Waals surface area contributed by atoms with Gasteiger partial charge in [0, 0.05) is 46.4 Å². The lowest BCUT2D eigenvalue weighted by Crippen LogP contribution is -2.24. The standard InChI is InChI=1S/C35H30N10O3S3.C10H13N.C6H13N/c1-20-14-15-23-27(29(30(36)46)51-32(23)40-20)37-16-8-9-17-38-31(47)25-18-39-34(50-25)43-42-28-26(22-12-6-3-7-13-22)44-45(33(28)48)35-41-24(19-49-35)21-10-4-2-5-11-21;11-10-6-5-8-3-1-2-4-9(8)7-10;1-2-4-6-7-5-3-1/h2-7,10-15,18-19,37,44H,8-9,16-17H2,1H3,(H2,36,46)(H,38,47);5-7H,1-4,11H2;7H,1-6H2. The molecule has 15 nitrogen and oxygen atoms in total. The number of fused-ring (bicyclic) bond motifs is 2. The third kappa shape index (κ3) is 12.8. The van der Waals surface area contributed by atoms with Crippen molar-refractivity contribution < 1.29 is 9.59 Å². The zero-order chi connectivity index (χ0) is 48.0. The van der Waals surface area contributed by atoms with Crippen LogP contribution in [0.2, 0.25) is 0 Å². The molecule has 8 aromatic rings. The van der Waals surface area contributed by atoms with E-state index >= 15 is 0 Å². The summed E-state index contributed by atoms with van der Waals surface area (Å²) in [5, 5.41) is 24.7. The number of amides is 2. The predicted octanol–water partition coefficient (Wildman–Crippen LogP) is 10.8. The molecule has 0 unspecified atom stereocenters. The Labute approximate surface area is 412 Å². The number of thiazole rings is 2. The summed E-state index contributed by atoms with van der Waals surface area (Å²) in [5.41, 5.74) is 19.3. The average molecular weight is 981 g/mol.